The Morgan fingerprint density at radius 2 is 2.29 bits per heavy atom. The molecule has 0 spiro atoms. The molecule has 1 heterocycles. The molecule has 2 N–H and O–H groups in total. The molecule has 0 bridgehead atoms. The topological polar surface area (TPSA) is 76.0 Å². The fourth-order valence-corrected chi connectivity index (χ4v) is 2.36. The predicted molar refractivity (Wildman–Crippen MR) is 85.3 cm³/mol. The van der Waals surface area contributed by atoms with Crippen LogP contribution in [-0.2, 0) is 11.3 Å². The Hall–Kier alpha value is -1.37. The van der Waals surface area contributed by atoms with Crippen LogP contribution in [-0.4, -0.2) is 28.3 Å². The standard InChI is InChI=1S/C14H21BrN4O2/c1-3-6-16-13(20)9(2)18-11-7-17-19(8-10-4-5-10)14(21)12(11)15/h7,9-10,18H,3-6,8H2,1-2H3,(H,16,20). The van der Waals surface area contributed by atoms with Crippen molar-refractivity contribution in [2.75, 3.05) is 11.9 Å². The van der Waals surface area contributed by atoms with Crippen molar-refractivity contribution < 1.29 is 4.79 Å². The average molecular weight is 357 g/mol. The van der Waals surface area contributed by atoms with Crippen LogP contribution in [0.5, 0.6) is 0 Å². The predicted octanol–water partition coefficient (Wildman–Crippen LogP) is 1.74. The molecular formula is C14H21BrN4O2. The first-order valence-electron chi connectivity index (χ1n) is 7.32. The largest absolute Gasteiger partial charge is 0.372 e. The molecule has 0 radical (unpaired) electrons. The van der Waals surface area contributed by atoms with Crippen molar-refractivity contribution in [3.05, 3.63) is 21.0 Å². The zero-order valence-corrected chi connectivity index (χ0v) is 13.9. The van der Waals surface area contributed by atoms with Gasteiger partial charge < -0.3 is 10.6 Å². The second-order valence-electron chi connectivity index (χ2n) is 5.46. The van der Waals surface area contributed by atoms with Crippen molar-refractivity contribution in [1.82, 2.24) is 15.1 Å². The smallest absolute Gasteiger partial charge is 0.283 e. The molecule has 0 aromatic carbocycles. The van der Waals surface area contributed by atoms with Crippen LogP contribution in [0.3, 0.4) is 0 Å². The van der Waals surface area contributed by atoms with Gasteiger partial charge in [-0.1, -0.05) is 6.92 Å². The number of nitrogens with zero attached hydrogens (tertiary/aromatic N) is 2. The van der Waals surface area contributed by atoms with Crippen LogP contribution in [0, 0.1) is 5.92 Å². The van der Waals surface area contributed by atoms with Crippen LogP contribution in [0.2, 0.25) is 0 Å². The molecule has 7 heteroatoms. The monoisotopic (exact) mass is 356 g/mol. The van der Waals surface area contributed by atoms with Gasteiger partial charge in [-0.2, -0.15) is 5.10 Å². The highest BCUT2D eigenvalue weighted by atomic mass is 79.9. The zero-order chi connectivity index (χ0) is 15.4. The molecule has 1 amide bonds. The van der Waals surface area contributed by atoms with Gasteiger partial charge in [-0.05, 0) is 48.0 Å². The zero-order valence-electron chi connectivity index (χ0n) is 12.4. The van der Waals surface area contributed by atoms with E-state index in [1.165, 1.54) is 17.5 Å². The van der Waals surface area contributed by atoms with Gasteiger partial charge in [0.15, 0.2) is 0 Å². The molecular weight excluding hydrogens is 336 g/mol. The van der Waals surface area contributed by atoms with E-state index in [-0.39, 0.29) is 11.5 Å². The van der Waals surface area contributed by atoms with Crippen molar-refractivity contribution in [1.29, 1.82) is 0 Å². The molecule has 1 aliphatic carbocycles. The lowest BCUT2D eigenvalue weighted by Crippen LogP contribution is -2.38. The summed E-state index contributed by atoms with van der Waals surface area (Å²) in [6.45, 7) is 5.07. The number of halogens is 1. The molecule has 1 atom stereocenters. The number of aromatic nitrogens is 2. The third kappa shape index (κ3) is 4.30. The summed E-state index contributed by atoms with van der Waals surface area (Å²) in [7, 11) is 0. The minimum Gasteiger partial charge on any atom is -0.372 e. The molecule has 1 aromatic rings. The molecule has 1 aliphatic rings. The molecule has 1 fully saturated rings. The van der Waals surface area contributed by atoms with E-state index >= 15 is 0 Å². The van der Waals surface area contributed by atoms with Crippen molar-refractivity contribution in [3.8, 4) is 0 Å². The van der Waals surface area contributed by atoms with Gasteiger partial charge in [0.05, 0.1) is 11.9 Å². The first kappa shape index (κ1) is 16.0. The maximum atomic E-state index is 12.2. The number of carbonyl (C=O) groups excluding carboxylic acids is 1. The lowest BCUT2D eigenvalue weighted by molar-refractivity contribution is -0.121. The molecule has 1 unspecified atom stereocenters. The first-order valence-corrected chi connectivity index (χ1v) is 8.12. The van der Waals surface area contributed by atoms with E-state index in [0.29, 0.717) is 29.2 Å². The maximum absolute atomic E-state index is 12.2. The number of anilines is 1. The Labute approximate surface area is 132 Å². The normalized spacial score (nSPS) is 15.6. The first-order chi connectivity index (χ1) is 10.0. The van der Waals surface area contributed by atoms with E-state index in [1.54, 1.807) is 13.1 Å². The Kier molecular flexibility index (Phi) is 5.39. The fraction of sp³-hybridized carbons (Fsp3) is 0.643. The Balaban J connectivity index is 2.04. The summed E-state index contributed by atoms with van der Waals surface area (Å²) in [5.74, 6) is 0.491. The average Bonchev–Trinajstić information content (AvgIpc) is 3.28. The highest BCUT2D eigenvalue weighted by Gasteiger charge is 2.23. The van der Waals surface area contributed by atoms with Crippen LogP contribution < -0.4 is 16.2 Å². The maximum Gasteiger partial charge on any atom is 0.283 e. The molecule has 0 aliphatic heterocycles. The summed E-state index contributed by atoms with van der Waals surface area (Å²) in [6, 6.07) is -0.423. The van der Waals surface area contributed by atoms with Gasteiger partial charge in [-0.25, -0.2) is 4.68 Å². The van der Waals surface area contributed by atoms with Crippen LogP contribution in [0.1, 0.15) is 33.1 Å². The molecule has 1 saturated carbocycles. The van der Waals surface area contributed by atoms with Crippen molar-refractivity contribution in [3.63, 3.8) is 0 Å². The van der Waals surface area contributed by atoms with Gasteiger partial charge in [0.25, 0.3) is 5.56 Å². The SMILES string of the molecule is CCCNC(=O)C(C)Nc1cnn(CC2CC2)c(=O)c1Br. The van der Waals surface area contributed by atoms with Crippen LogP contribution in [0.4, 0.5) is 5.69 Å². The second kappa shape index (κ2) is 7.06. The van der Waals surface area contributed by atoms with E-state index in [2.05, 4.69) is 31.7 Å². The number of hydrogen-bond donors (Lipinski definition) is 2. The van der Waals surface area contributed by atoms with Crippen molar-refractivity contribution in [2.24, 2.45) is 5.92 Å². The number of rotatable bonds is 7. The van der Waals surface area contributed by atoms with Crippen molar-refractivity contribution >= 4 is 27.5 Å². The number of carbonyl (C=O) groups is 1. The lowest BCUT2D eigenvalue weighted by Gasteiger charge is -2.16. The fourth-order valence-electron chi connectivity index (χ4n) is 1.94. The van der Waals surface area contributed by atoms with Crippen LogP contribution in [0.15, 0.2) is 15.5 Å². The Bertz CT molecular complexity index is 569. The molecule has 21 heavy (non-hydrogen) atoms. The number of nitrogens with one attached hydrogen (secondary N) is 2. The van der Waals surface area contributed by atoms with Crippen LogP contribution in [0.25, 0.3) is 0 Å². The molecule has 2 rings (SSSR count). The minimum atomic E-state index is -0.423. The summed E-state index contributed by atoms with van der Waals surface area (Å²) in [5.41, 5.74) is 0.388. The Morgan fingerprint density at radius 3 is 2.90 bits per heavy atom. The third-order valence-corrected chi connectivity index (χ3v) is 4.19. The highest BCUT2D eigenvalue weighted by Crippen LogP contribution is 2.30. The van der Waals surface area contributed by atoms with E-state index in [9.17, 15) is 9.59 Å². The van der Waals surface area contributed by atoms with Gasteiger partial charge in [0.2, 0.25) is 5.91 Å². The summed E-state index contributed by atoms with van der Waals surface area (Å²) in [5, 5.41) is 10.0. The van der Waals surface area contributed by atoms with Gasteiger partial charge in [0, 0.05) is 13.1 Å². The minimum absolute atomic E-state index is 0.0918. The van der Waals surface area contributed by atoms with E-state index in [4.69, 9.17) is 0 Å². The van der Waals surface area contributed by atoms with Gasteiger partial charge in [-0.3, -0.25) is 9.59 Å². The summed E-state index contributed by atoms with van der Waals surface area (Å²) in [4.78, 5) is 24.0. The number of hydrogen-bond acceptors (Lipinski definition) is 4. The van der Waals surface area contributed by atoms with E-state index < -0.39 is 6.04 Å². The number of amides is 1. The summed E-state index contributed by atoms with van der Waals surface area (Å²) in [6.07, 6.45) is 4.82. The molecule has 116 valence electrons. The van der Waals surface area contributed by atoms with Gasteiger partial charge >= 0.3 is 0 Å². The molecule has 0 saturated heterocycles. The Morgan fingerprint density at radius 1 is 1.57 bits per heavy atom. The lowest BCUT2D eigenvalue weighted by atomic mass is 10.3. The third-order valence-electron chi connectivity index (χ3n) is 3.43. The van der Waals surface area contributed by atoms with Gasteiger partial charge in [-0.15, -0.1) is 0 Å². The summed E-state index contributed by atoms with van der Waals surface area (Å²) < 4.78 is 1.91. The molecule has 6 nitrogen and oxygen atoms in total. The van der Waals surface area contributed by atoms with E-state index in [1.807, 2.05) is 6.92 Å². The summed E-state index contributed by atoms with van der Waals surface area (Å²) >= 11 is 3.30. The van der Waals surface area contributed by atoms with E-state index in [0.717, 1.165) is 6.42 Å². The quantitative estimate of drug-likeness (QED) is 0.780. The van der Waals surface area contributed by atoms with Gasteiger partial charge in [0.1, 0.15) is 10.5 Å². The van der Waals surface area contributed by atoms with Crippen molar-refractivity contribution in [2.45, 2.75) is 45.7 Å². The second-order valence-corrected chi connectivity index (χ2v) is 6.25. The van der Waals surface area contributed by atoms with Crippen LogP contribution >= 0.6 is 15.9 Å². The molecule has 1 aromatic heterocycles. The highest BCUT2D eigenvalue weighted by molar-refractivity contribution is 9.10.